The second-order valence-corrected chi connectivity index (χ2v) is 14.2. The molecule has 2 aromatic rings. The average Bonchev–Trinajstić information content (AvgIpc) is 3.02. The number of fused-ring (bicyclic) bond motifs is 1. The lowest BCUT2D eigenvalue weighted by atomic mass is 9.72. The number of amides is 4. The first kappa shape index (κ1) is 33.2. The molecular formula is C29H29N5O9S3. The lowest BCUT2D eigenvalue weighted by molar-refractivity contribution is -0.139. The maximum atomic E-state index is 12.9. The molecule has 3 aliphatic rings. The number of ether oxygens (including phenoxy) is 1. The minimum atomic E-state index is -3.90. The van der Waals surface area contributed by atoms with Crippen LogP contribution < -0.4 is 14.8 Å². The normalized spacial score (nSPS) is 22.2. The van der Waals surface area contributed by atoms with Gasteiger partial charge < -0.3 is 9.84 Å². The third kappa shape index (κ3) is 6.53. The number of hydrogen-bond acceptors (Lipinski definition) is 11. The lowest BCUT2D eigenvalue weighted by Crippen LogP contribution is -2.62. The van der Waals surface area contributed by atoms with Gasteiger partial charge in [0.1, 0.15) is 23.4 Å². The fourth-order valence-electron chi connectivity index (χ4n) is 5.26. The van der Waals surface area contributed by atoms with E-state index in [9.17, 15) is 37.5 Å². The minimum absolute atomic E-state index is 0.0105. The van der Waals surface area contributed by atoms with Gasteiger partial charge in [0.25, 0.3) is 15.9 Å². The van der Waals surface area contributed by atoms with Gasteiger partial charge in [-0.2, -0.15) is 4.40 Å². The number of carboxylic acid groups (broad SMARTS) is 1. The number of aliphatic carboxylic acids is 1. The summed E-state index contributed by atoms with van der Waals surface area (Å²) < 4.78 is 36.5. The number of β-lactam (4-membered cyclic amide) rings is 1. The Labute approximate surface area is 272 Å². The van der Waals surface area contributed by atoms with Crippen molar-refractivity contribution in [1.29, 1.82) is 0 Å². The molecule has 46 heavy (non-hydrogen) atoms. The van der Waals surface area contributed by atoms with E-state index in [0.717, 1.165) is 10.5 Å². The van der Waals surface area contributed by atoms with E-state index in [1.807, 2.05) is 13.8 Å². The van der Waals surface area contributed by atoms with E-state index >= 15 is 0 Å². The number of nitrogens with zero attached hydrogens (tertiary/aromatic N) is 2. The van der Waals surface area contributed by atoms with Crippen molar-refractivity contribution in [3.63, 3.8) is 0 Å². The third-order valence-corrected chi connectivity index (χ3v) is 11.5. The number of sulfonamides is 1. The number of hydrogen-bond donors (Lipinski definition) is 4. The molecule has 0 aromatic heterocycles. The van der Waals surface area contributed by atoms with Crippen LogP contribution in [0.25, 0.3) is 0 Å². The third-order valence-electron chi connectivity index (χ3n) is 7.85. The van der Waals surface area contributed by atoms with Crippen LogP contribution in [0.15, 0.2) is 69.1 Å². The van der Waals surface area contributed by atoms with Crippen LogP contribution >= 0.6 is 23.9 Å². The summed E-state index contributed by atoms with van der Waals surface area (Å²) >= 11 is 1.63. The summed E-state index contributed by atoms with van der Waals surface area (Å²) in [6, 6.07) is 12.7. The summed E-state index contributed by atoms with van der Waals surface area (Å²) in [6.45, 7) is 3.28. The molecule has 0 spiro atoms. The molecule has 0 bridgehead atoms. The zero-order valence-electron chi connectivity index (χ0n) is 24.6. The first-order chi connectivity index (χ1) is 21.9. The summed E-state index contributed by atoms with van der Waals surface area (Å²) in [5.74, 6) is -2.66. The second kappa shape index (κ2) is 13.3. The van der Waals surface area contributed by atoms with Crippen molar-refractivity contribution in [3.8, 4) is 0 Å². The number of rotatable bonds is 10. The number of anilines is 1. The lowest BCUT2D eigenvalue weighted by Gasteiger charge is -2.44. The highest BCUT2D eigenvalue weighted by molar-refractivity contribution is 8.08. The molecule has 242 valence electrons. The molecule has 0 unspecified atom stereocenters. The van der Waals surface area contributed by atoms with E-state index in [1.165, 1.54) is 23.9 Å². The summed E-state index contributed by atoms with van der Waals surface area (Å²) in [5, 5.41) is 14.1. The smallest absolute Gasteiger partial charge is 0.411 e. The molecular weight excluding hydrogens is 659 g/mol. The second-order valence-electron chi connectivity index (χ2n) is 10.7. The molecule has 0 radical (unpaired) electrons. The molecule has 4 amide bonds. The van der Waals surface area contributed by atoms with Crippen LogP contribution in [0, 0.1) is 6.92 Å². The number of carbonyl (C=O) groups excluding carboxylic acids is 4. The molecule has 0 saturated carbocycles. The van der Waals surface area contributed by atoms with Gasteiger partial charge in [-0.25, -0.2) is 18.0 Å². The van der Waals surface area contributed by atoms with E-state index in [2.05, 4.69) is 19.2 Å². The summed E-state index contributed by atoms with van der Waals surface area (Å²) in [5.41, 5.74) is 0.962. The number of carbonyl (C=O) groups is 5. The van der Waals surface area contributed by atoms with Crippen molar-refractivity contribution >= 4 is 75.1 Å². The highest BCUT2D eigenvalue weighted by atomic mass is 32.3. The zero-order chi connectivity index (χ0) is 33.2. The summed E-state index contributed by atoms with van der Waals surface area (Å²) in [4.78, 5) is 62.8. The quantitative estimate of drug-likeness (QED) is 0.163. The highest BCUT2D eigenvalue weighted by Gasteiger charge is 2.51. The molecule has 2 aromatic carbocycles. The van der Waals surface area contributed by atoms with Crippen molar-refractivity contribution in [2.75, 3.05) is 17.7 Å². The molecule has 17 heteroatoms. The number of benzene rings is 2. The molecule has 2 saturated heterocycles. The van der Waals surface area contributed by atoms with Crippen LogP contribution in [0.2, 0.25) is 0 Å². The van der Waals surface area contributed by atoms with Gasteiger partial charge in [-0.1, -0.05) is 36.8 Å². The molecule has 0 aliphatic carbocycles. The number of carboxylic acids is 1. The fraction of sp³-hybridized carbons (Fsp3) is 0.310. The van der Waals surface area contributed by atoms with Gasteiger partial charge in [0, 0.05) is 23.4 Å². The Morgan fingerprint density at radius 3 is 2.48 bits per heavy atom. The molecule has 4 N–H and O–H groups in total. The van der Waals surface area contributed by atoms with Gasteiger partial charge in [0.15, 0.2) is 0 Å². The van der Waals surface area contributed by atoms with Crippen LogP contribution in [0.5, 0.6) is 0 Å². The van der Waals surface area contributed by atoms with Crippen LogP contribution in [0.3, 0.4) is 0 Å². The zero-order valence-corrected chi connectivity index (χ0v) is 27.0. The van der Waals surface area contributed by atoms with Gasteiger partial charge in [0.05, 0.1) is 22.4 Å². The Morgan fingerprint density at radius 1 is 1.15 bits per heavy atom. The van der Waals surface area contributed by atoms with Crippen molar-refractivity contribution in [2.45, 2.75) is 48.8 Å². The Morgan fingerprint density at radius 2 is 1.85 bits per heavy atom. The average molecular weight is 688 g/mol. The molecule has 14 nitrogen and oxygen atoms in total. The van der Waals surface area contributed by atoms with Crippen molar-refractivity contribution in [3.05, 3.63) is 70.9 Å². The van der Waals surface area contributed by atoms with Gasteiger partial charge >= 0.3 is 12.1 Å². The molecule has 2 atom stereocenters. The van der Waals surface area contributed by atoms with Gasteiger partial charge in [0.2, 0.25) is 11.8 Å². The van der Waals surface area contributed by atoms with E-state index in [-0.39, 0.29) is 45.9 Å². The Kier molecular flexibility index (Phi) is 9.57. The SMILES string of the molecule is CC[C@]1(c2ccc(NC(=O)OCC3=C(C(=O)O)N4C(=O)/C(=N\SNS(=O)(=O)c5ccc(C)cc5)[C@H]4SC3)cc2)CCC(=O)NC1=O. The van der Waals surface area contributed by atoms with Crippen LogP contribution in [0.1, 0.15) is 37.3 Å². The number of nitrogens with one attached hydrogen (secondary N) is 3. The van der Waals surface area contributed by atoms with E-state index in [0.29, 0.717) is 36.2 Å². The Hall–Kier alpha value is -4.19. The molecule has 5 rings (SSSR count). The molecule has 3 heterocycles. The van der Waals surface area contributed by atoms with E-state index in [4.69, 9.17) is 4.74 Å². The van der Waals surface area contributed by atoms with Gasteiger partial charge in [-0.05, 0) is 49.6 Å². The molecule has 2 fully saturated rings. The number of thioether (sulfide) groups is 1. The van der Waals surface area contributed by atoms with Gasteiger partial charge in [-0.3, -0.25) is 29.9 Å². The first-order valence-electron chi connectivity index (χ1n) is 14.0. The predicted molar refractivity (Wildman–Crippen MR) is 170 cm³/mol. The van der Waals surface area contributed by atoms with Crippen LogP contribution in [-0.2, 0) is 39.4 Å². The Bertz CT molecular complexity index is 1780. The van der Waals surface area contributed by atoms with Crippen LogP contribution in [-0.4, -0.2) is 71.7 Å². The topological polar surface area (TPSA) is 201 Å². The monoisotopic (exact) mass is 687 g/mol. The van der Waals surface area contributed by atoms with Crippen LogP contribution in [0.4, 0.5) is 10.5 Å². The Balaban J connectivity index is 1.19. The minimum Gasteiger partial charge on any atom is -0.477 e. The largest absolute Gasteiger partial charge is 0.477 e. The van der Waals surface area contributed by atoms with Crippen molar-refractivity contribution in [2.24, 2.45) is 4.40 Å². The number of imide groups is 1. The maximum Gasteiger partial charge on any atom is 0.411 e. The van der Waals surface area contributed by atoms with E-state index < -0.39 is 45.4 Å². The standard InChI is InChI=1S/C29H29N5O9S3/c1-3-29(13-12-21(35)31-27(29)39)18-6-8-19(9-7-18)30-28(40)43-14-17-15-44-25-22(24(36)34(25)23(17)26(37)38)32-45-33-46(41,42)20-10-4-16(2)5-11-20/h4-11,25,33H,3,12-15H2,1-2H3,(H,30,40)(H,37,38)(H,31,35,39)/b32-22+/t25-,29-/m1/s1. The summed E-state index contributed by atoms with van der Waals surface area (Å²) in [7, 11) is -3.90. The summed E-state index contributed by atoms with van der Waals surface area (Å²) in [6.07, 6.45) is 0.226. The number of piperidine rings is 1. The highest BCUT2D eigenvalue weighted by Crippen LogP contribution is 2.40. The first-order valence-corrected chi connectivity index (χ1v) is 17.3. The molecule has 3 aliphatic heterocycles. The predicted octanol–water partition coefficient (Wildman–Crippen LogP) is 2.86. The fourth-order valence-corrected chi connectivity index (χ4v) is 8.26. The van der Waals surface area contributed by atoms with Crippen molar-refractivity contribution < 1.29 is 42.2 Å². The van der Waals surface area contributed by atoms with Gasteiger partial charge in [-0.15, -0.1) is 15.9 Å². The van der Waals surface area contributed by atoms with Crippen molar-refractivity contribution in [1.82, 2.24) is 14.3 Å². The maximum absolute atomic E-state index is 12.9. The number of aryl methyl sites for hydroxylation is 1. The van der Waals surface area contributed by atoms with E-state index in [1.54, 1.807) is 36.4 Å².